The van der Waals surface area contributed by atoms with Crippen LogP contribution in [0.25, 0.3) is 5.69 Å². The van der Waals surface area contributed by atoms with Crippen molar-refractivity contribution in [3.05, 3.63) is 41.5 Å². The summed E-state index contributed by atoms with van der Waals surface area (Å²) in [6, 6.07) is 8.35. The number of nitrogens with zero attached hydrogens (tertiary/aromatic N) is 7. The second-order valence-electron chi connectivity index (χ2n) is 5.89. The van der Waals surface area contributed by atoms with E-state index in [1.165, 1.54) is 5.56 Å². The number of aromatic nitrogens is 7. The number of rotatable bonds is 3. The average molecular weight is 310 g/mol. The Kier molecular flexibility index (Phi) is 3.29. The number of anilines is 1. The third-order valence-electron chi connectivity index (χ3n) is 4.05. The molecule has 0 aliphatic carbocycles. The van der Waals surface area contributed by atoms with Gasteiger partial charge in [-0.2, -0.15) is 9.78 Å². The van der Waals surface area contributed by atoms with Gasteiger partial charge in [0.05, 0.1) is 12.2 Å². The van der Waals surface area contributed by atoms with Crippen molar-refractivity contribution >= 4 is 5.95 Å². The van der Waals surface area contributed by atoms with E-state index in [1.54, 1.807) is 4.68 Å². The van der Waals surface area contributed by atoms with Crippen LogP contribution in [0.3, 0.4) is 0 Å². The van der Waals surface area contributed by atoms with Crippen molar-refractivity contribution in [3.8, 4) is 5.69 Å². The van der Waals surface area contributed by atoms with Crippen LogP contribution in [0.5, 0.6) is 0 Å². The first-order valence-corrected chi connectivity index (χ1v) is 7.71. The molecule has 0 saturated heterocycles. The minimum absolute atomic E-state index is 0.235. The normalized spacial score (nSPS) is 17.0. The Morgan fingerprint density at radius 1 is 1.17 bits per heavy atom. The van der Waals surface area contributed by atoms with Crippen LogP contribution >= 0.6 is 0 Å². The molecule has 3 aromatic rings. The summed E-state index contributed by atoms with van der Waals surface area (Å²) in [7, 11) is 0. The van der Waals surface area contributed by atoms with Gasteiger partial charge in [-0.25, -0.2) is 9.67 Å². The van der Waals surface area contributed by atoms with E-state index in [0.29, 0.717) is 5.95 Å². The molecule has 0 spiro atoms. The molecule has 0 fully saturated rings. The number of hydrogen-bond donors (Lipinski definition) is 1. The van der Waals surface area contributed by atoms with Crippen LogP contribution in [0.2, 0.25) is 0 Å². The average Bonchev–Trinajstić information content (AvgIpc) is 3.13. The first-order chi connectivity index (χ1) is 11.2. The second kappa shape index (κ2) is 5.45. The first kappa shape index (κ1) is 13.9. The summed E-state index contributed by atoms with van der Waals surface area (Å²) >= 11 is 0. The summed E-state index contributed by atoms with van der Waals surface area (Å²) < 4.78 is 3.69. The van der Waals surface area contributed by atoms with E-state index in [4.69, 9.17) is 0 Å². The van der Waals surface area contributed by atoms with E-state index in [2.05, 4.69) is 37.8 Å². The van der Waals surface area contributed by atoms with Gasteiger partial charge in [-0.3, -0.25) is 0 Å². The Balaban J connectivity index is 1.54. The molecule has 23 heavy (non-hydrogen) atoms. The lowest BCUT2D eigenvalue weighted by atomic mass is 10.1. The predicted molar refractivity (Wildman–Crippen MR) is 84.4 cm³/mol. The summed E-state index contributed by atoms with van der Waals surface area (Å²) in [6.07, 6.45) is 1.89. The van der Waals surface area contributed by atoms with Crippen molar-refractivity contribution in [3.63, 3.8) is 0 Å². The van der Waals surface area contributed by atoms with Gasteiger partial charge in [0.25, 0.3) is 0 Å². The number of hydrogen-bond acceptors (Lipinski definition) is 6. The summed E-state index contributed by atoms with van der Waals surface area (Å²) in [5.74, 6) is 2.53. The molecule has 0 amide bonds. The maximum Gasteiger partial charge on any atom is 0.248 e. The zero-order valence-electron chi connectivity index (χ0n) is 13.1. The minimum Gasteiger partial charge on any atom is -0.348 e. The molecule has 1 aliphatic heterocycles. The molecule has 3 heterocycles. The van der Waals surface area contributed by atoms with Gasteiger partial charge < -0.3 is 5.32 Å². The van der Waals surface area contributed by atoms with Gasteiger partial charge in [0.15, 0.2) is 0 Å². The quantitative estimate of drug-likeness (QED) is 0.784. The maximum atomic E-state index is 4.43. The highest BCUT2D eigenvalue weighted by Gasteiger charge is 2.22. The molecule has 1 atom stereocenters. The molecule has 118 valence electrons. The molecule has 1 N–H and O–H groups in total. The standard InChI is InChI=1S/C15H18N8/c1-10-3-6-13(7-4-10)23-15(18-20-21-23)17-12-5-8-14-16-11(2)19-22(14)9-12/h3-4,6-7,12H,5,8-9H2,1-2H3,(H,17,18,21). The van der Waals surface area contributed by atoms with Gasteiger partial charge in [0, 0.05) is 12.5 Å². The second-order valence-corrected chi connectivity index (χ2v) is 5.89. The number of aryl methyl sites for hydroxylation is 3. The zero-order valence-corrected chi connectivity index (χ0v) is 13.1. The molecule has 8 heteroatoms. The molecule has 1 aliphatic rings. The molecule has 0 bridgehead atoms. The van der Waals surface area contributed by atoms with Crippen molar-refractivity contribution in [2.24, 2.45) is 0 Å². The fourth-order valence-electron chi connectivity index (χ4n) is 2.87. The Morgan fingerprint density at radius 2 is 2.00 bits per heavy atom. The molecule has 2 aromatic heterocycles. The Bertz CT molecular complexity index is 816. The van der Waals surface area contributed by atoms with Gasteiger partial charge in [0.1, 0.15) is 11.6 Å². The van der Waals surface area contributed by atoms with Crippen LogP contribution in [-0.2, 0) is 13.0 Å². The highest BCUT2D eigenvalue weighted by Crippen LogP contribution is 2.18. The molecular formula is C15H18N8. The van der Waals surface area contributed by atoms with E-state index >= 15 is 0 Å². The summed E-state index contributed by atoms with van der Waals surface area (Å²) in [5, 5.41) is 19.9. The van der Waals surface area contributed by atoms with Gasteiger partial charge in [0.2, 0.25) is 5.95 Å². The van der Waals surface area contributed by atoms with Crippen molar-refractivity contribution in [1.82, 2.24) is 35.0 Å². The summed E-state index contributed by atoms with van der Waals surface area (Å²) in [6.45, 7) is 4.75. The number of tetrazole rings is 1. The monoisotopic (exact) mass is 310 g/mol. The third kappa shape index (κ3) is 2.67. The highest BCUT2D eigenvalue weighted by molar-refractivity contribution is 5.40. The lowest BCUT2D eigenvalue weighted by molar-refractivity contribution is 0.438. The number of fused-ring (bicyclic) bond motifs is 1. The third-order valence-corrected chi connectivity index (χ3v) is 4.05. The molecule has 0 saturated carbocycles. The van der Waals surface area contributed by atoms with E-state index < -0.39 is 0 Å². The van der Waals surface area contributed by atoms with E-state index in [9.17, 15) is 0 Å². The van der Waals surface area contributed by atoms with Gasteiger partial charge in [-0.15, -0.1) is 0 Å². The Morgan fingerprint density at radius 3 is 2.83 bits per heavy atom. The van der Waals surface area contributed by atoms with Crippen LogP contribution < -0.4 is 5.32 Å². The molecular weight excluding hydrogens is 292 g/mol. The molecule has 1 aromatic carbocycles. The maximum absolute atomic E-state index is 4.43. The smallest absolute Gasteiger partial charge is 0.248 e. The number of benzene rings is 1. The van der Waals surface area contributed by atoms with E-state index in [1.807, 2.05) is 35.9 Å². The lowest BCUT2D eigenvalue weighted by Crippen LogP contribution is -2.33. The van der Waals surface area contributed by atoms with Crippen LogP contribution in [0.4, 0.5) is 5.95 Å². The molecule has 4 rings (SSSR count). The predicted octanol–water partition coefficient (Wildman–Crippen LogP) is 1.30. The fourth-order valence-corrected chi connectivity index (χ4v) is 2.87. The van der Waals surface area contributed by atoms with Crippen molar-refractivity contribution in [1.29, 1.82) is 0 Å². The molecule has 1 unspecified atom stereocenters. The van der Waals surface area contributed by atoms with Crippen LogP contribution in [0.15, 0.2) is 24.3 Å². The van der Waals surface area contributed by atoms with Crippen LogP contribution in [0.1, 0.15) is 23.6 Å². The highest BCUT2D eigenvalue weighted by atomic mass is 15.6. The van der Waals surface area contributed by atoms with Crippen molar-refractivity contribution in [2.45, 2.75) is 39.3 Å². The topological polar surface area (TPSA) is 86.3 Å². The molecule has 8 nitrogen and oxygen atoms in total. The van der Waals surface area contributed by atoms with Gasteiger partial charge >= 0.3 is 0 Å². The van der Waals surface area contributed by atoms with Crippen LogP contribution in [-0.4, -0.2) is 41.0 Å². The lowest BCUT2D eigenvalue weighted by Gasteiger charge is -2.23. The number of nitrogens with one attached hydrogen (secondary N) is 1. The fraction of sp³-hybridized carbons (Fsp3) is 0.400. The van der Waals surface area contributed by atoms with E-state index in [-0.39, 0.29) is 6.04 Å². The first-order valence-electron chi connectivity index (χ1n) is 7.71. The zero-order chi connectivity index (χ0) is 15.8. The van der Waals surface area contributed by atoms with Crippen molar-refractivity contribution in [2.75, 3.05) is 5.32 Å². The SMILES string of the molecule is Cc1ccc(-n2nnnc2NC2CCc3nc(C)nn3C2)cc1. The largest absolute Gasteiger partial charge is 0.348 e. The minimum atomic E-state index is 0.235. The van der Waals surface area contributed by atoms with Crippen molar-refractivity contribution < 1.29 is 0 Å². The Labute approximate surface area is 133 Å². The molecule has 0 radical (unpaired) electrons. The Hall–Kier alpha value is -2.77. The summed E-state index contributed by atoms with van der Waals surface area (Å²) in [4.78, 5) is 4.43. The van der Waals surface area contributed by atoms with Crippen LogP contribution in [0, 0.1) is 13.8 Å². The summed E-state index contributed by atoms with van der Waals surface area (Å²) in [5.41, 5.74) is 2.15. The van der Waals surface area contributed by atoms with E-state index in [0.717, 1.165) is 36.7 Å². The van der Waals surface area contributed by atoms with Gasteiger partial charge in [-0.1, -0.05) is 22.8 Å². The van der Waals surface area contributed by atoms with Gasteiger partial charge in [-0.05, 0) is 42.8 Å².